The number of amides is 1. The first-order valence-electron chi connectivity index (χ1n) is 7.53. The highest BCUT2D eigenvalue weighted by atomic mass is 32.2. The van der Waals surface area contributed by atoms with Crippen molar-refractivity contribution in [1.29, 1.82) is 5.26 Å². The molecule has 3 rings (SSSR count). The van der Waals surface area contributed by atoms with Gasteiger partial charge in [-0.1, -0.05) is 11.8 Å². The minimum absolute atomic E-state index is 0.127. The molecule has 23 heavy (non-hydrogen) atoms. The summed E-state index contributed by atoms with van der Waals surface area (Å²) in [5.41, 5.74) is 7.45. The van der Waals surface area contributed by atoms with Crippen LogP contribution in [0.25, 0.3) is 10.2 Å². The average Bonchev–Trinajstić information content (AvgIpc) is 2.92. The van der Waals surface area contributed by atoms with Crippen molar-refractivity contribution in [3.63, 3.8) is 0 Å². The van der Waals surface area contributed by atoms with Crippen LogP contribution in [-0.4, -0.2) is 28.2 Å². The molecule has 120 valence electrons. The van der Waals surface area contributed by atoms with Crippen LogP contribution in [0.15, 0.2) is 5.16 Å². The summed E-state index contributed by atoms with van der Waals surface area (Å²) >= 11 is 2.97. The molecule has 0 atom stereocenters. The van der Waals surface area contributed by atoms with Crippen LogP contribution < -0.4 is 11.1 Å². The fourth-order valence-electron chi connectivity index (χ4n) is 2.67. The lowest BCUT2D eigenvalue weighted by Crippen LogP contribution is -2.25. The van der Waals surface area contributed by atoms with Gasteiger partial charge in [0, 0.05) is 11.4 Å². The van der Waals surface area contributed by atoms with Crippen molar-refractivity contribution in [3.05, 3.63) is 10.4 Å². The molecular formula is C15H17N5OS2. The zero-order chi connectivity index (χ0) is 16.2. The van der Waals surface area contributed by atoms with Gasteiger partial charge in [0.1, 0.15) is 10.6 Å². The first kappa shape index (κ1) is 16.0. The van der Waals surface area contributed by atoms with Crippen LogP contribution in [0.3, 0.4) is 0 Å². The van der Waals surface area contributed by atoms with E-state index in [1.807, 2.05) is 6.07 Å². The molecule has 0 aliphatic heterocycles. The lowest BCUT2D eigenvalue weighted by Gasteiger charge is -2.10. The zero-order valence-electron chi connectivity index (χ0n) is 12.6. The SMILES string of the molecule is N#CCCNC(=O)CSc1nc(N)c2c3c(sc2n1)CCCC3. The molecule has 2 heterocycles. The predicted molar refractivity (Wildman–Crippen MR) is 92.4 cm³/mol. The topological polar surface area (TPSA) is 105 Å². The van der Waals surface area contributed by atoms with E-state index in [1.54, 1.807) is 11.3 Å². The largest absolute Gasteiger partial charge is 0.383 e. The second-order valence-corrected chi connectivity index (χ2v) is 7.36. The summed E-state index contributed by atoms with van der Waals surface area (Å²) in [6, 6.07) is 1.99. The lowest BCUT2D eigenvalue weighted by atomic mass is 9.97. The van der Waals surface area contributed by atoms with Gasteiger partial charge < -0.3 is 11.1 Å². The summed E-state index contributed by atoms with van der Waals surface area (Å²) in [6.45, 7) is 0.371. The number of nitrogens with zero attached hydrogens (tertiary/aromatic N) is 3. The van der Waals surface area contributed by atoms with Gasteiger partial charge >= 0.3 is 0 Å². The van der Waals surface area contributed by atoms with Crippen LogP contribution in [0, 0.1) is 11.3 Å². The summed E-state index contributed by atoms with van der Waals surface area (Å²) < 4.78 is 0. The standard InChI is InChI=1S/C15H17N5OS2/c16-6-3-7-18-11(21)8-22-15-19-13(17)12-9-4-1-2-5-10(9)23-14(12)20-15/h1-5,7-8H2,(H,18,21)(H2,17,19,20). The Bertz CT molecular complexity index is 780. The highest BCUT2D eigenvalue weighted by Crippen LogP contribution is 2.38. The summed E-state index contributed by atoms with van der Waals surface area (Å²) in [6.07, 6.45) is 4.87. The van der Waals surface area contributed by atoms with Gasteiger partial charge in [-0.05, 0) is 31.2 Å². The van der Waals surface area contributed by atoms with E-state index in [0.717, 1.165) is 23.1 Å². The molecule has 1 aliphatic carbocycles. The van der Waals surface area contributed by atoms with E-state index in [4.69, 9.17) is 11.0 Å². The third-order valence-corrected chi connectivity index (χ3v) is 5.75. The third kappa shape index (κ3) is 3.57. The monoisotopic (exact) mass is 347 g/mol. The maximum absolute atomic E-state index is 11.7. The molecule has 2 aromatic heterocycles. The number of carbonyl (C=O) groups excluding carboxylic acids is 1. The lowest BCUT2D eigenvalue weighted by molar-refractivity contribution is -0.118. The van der Waals surface area contributed by atoms with Crippen LogP contribution >= 0.6 is 23.1 Å². The first-order chi connectivity index (χ1) is 11.2. The number of nitrogen functional groups attached to an aromatic ring is 1. The number of anilines is 1. The number of nitriles is 1. The van der Waals surface area contributed by atoms with Gasteiger partial charge in [0.2, 0.25) is 5.91 Å². The molecule has 2 aromatic rings. The second kappa shape index (κ2) is 7.15. The smallest absolute Gasteiger partial charge is 0.230 e. The van der Waals surface area contributed by atoms with Gasteiger partial charge in [0.25, 0.3) is 0 Å². The molecule has 1 amide bonds. The van der Waals surface area contributed by atoms with Gasteiger partial charge in [0.15, 0.2) is 5.16 Å². The Balaban J connectivity index is 1.73. The van der Waals surface area contributed by atoms with E-state index in [2.05, 4.69) is 15.3 Å². The molecule has 0 unspecified atom stereocenters. The molecular weight excluding hydrogens is 330 g/mol. The predicted octanol–water partition coefficient (Wildman–Crippen LogP) is 2.27. The van der Waals surface area contributed by atoms with Crippen molar-refractivity contribution in [2.24, 2.45) is 0 Å². The molecule has 0 bridgehead atoms. The number of thiophene rings is 1. The van der Waals surface area contributed by atoms with Crippen molar-refractivity contribution in [3.8, 4) is 6.07 Å². The average molecular weight is 347 g/mol. The second-order valence-electron chi connectivity index (χ2n) is 5.33. The maximum atomic E-state index is 11.7. The van der Waals surface area contributed by atoms with Crippen molar-refractivity contribution in [1.82, 2.24) is 15.3 Å². The Morgan fingerprint density at radius 3 is 3.04 bits per heavy atom. The van der Waals surface area contributed by atoms with Crippen molar-refractivity contribution >= 4 is 45.0 Å². The number of fused-ring (bicyclic) bond motifs is 3. The third-order valence-electron chi connectivity index (χ3n) is 3.71. The molecule has 0 saturated heterocycles. The molecule has 3 N–H and O–H groups in total. The molecule has 0 radical (unpaired) electrons. The number of nitrogens with two attached hydrogens (primary N) is 1. The normalized spacial score (nSPS) is 13.5. The number of rotatable bonds is 5. The Morgan fingerprint density at radius 1 is 1.39 bits per heavy atom. The summed E-state index contributed by atoms with van der Waals surface area (Å²) in [5, 5.41) is 12.7. The van der Waals surface area contributed by atoms with Crippen LogP contribution in [0.2, 0.25) is 0 Å². The Hall–Kier alpha value is -1.85. The zero-order valence-corrected chi connectivity index (χ0v) is 14.2. The van der Waals surface area contributed by atoms with E-state index < -0.39 is 0 Å². The molecule has 0 spiro atoms. The van der Waals surface area contributed by atoms with Gasteiger partial charge in [0.05, 0.1) is 23.6 Å². The fraction of sp³-hybridized carbons (Fsp3) is 0.467. The number of nitrogens with one attached hydrogen (secondary N) is 1. The highest BCUT2D eigenvalue weighted by molar-refractivity contribution is 7.99. The Morgan fingerprint density at radius 2 is 2.22 bits per heavy atom. The number of hydrogen-bond acceptors (Lipinski definition) is 7. The Labute approximate surface area is 142 Å². The van der Waals surface area contributed by atoms with E-state index in [0.29, 0.717) is 23.9 Å². The van der Waals surface area contributed by atoms with Crippen molar-refractivity contribution in [2.75, 3.05) is 18.0 Å². The molecule has 0 aromatic carbocycles. The Kier molecular flexibility index (Phi) is 4.98. The van der Waals surface area contributed by atoms with E-state index in [9.17, 15) is 4.79 Å². The van der Waals surface area contributed by atoms with E-state index >= 15 is 0 Å². The van der Waals surface area contributed by atoms with Crippen molar-refractivity contribution < 1.29 is 4.79 Å². The van der Waals surface area contributed by atoms with Crippen molar-refractivity contribution in [2.45, 2.75) is 37.3 Å². The maximum Gasteiger partial charge on any atom is 0.230 e. The van der Waals surface area contributed by atoms with Crippen LogP contribution in [0.1, 0.15) is 29.7 Å². The minimum atomic E-state index is -0.127. The van der Waals surface area contributed by atoms with Gasteiger partial charge in [-0.2, -0.15) is 5.26 Å². The molecule has 0 saturated carbocycles. The van der Waals surface area contributed by atoms with Crippen LogP contribution in [0.4, 0.5) is 5.82 Å². The number of thioether (sulfide) groups is 1. The number of aryl methyl sites for hydroxylation is 2. The van der Waals surface area contributed by atoms with E-state index in [-0.39, 0.29) is 11.7 Å². The molecule has 0 fully saturated rings. The summed E-state index contributed by atoms with van der Waals surface area (Å²) in [4.78, 5) is 22.9. The van der Waals surface area contributed by atoms with Gasteiger partial charge in [-0.15, -0.1) is 11.3 Å². The molecule has 1 aliphatic rings. The number of hydrogen-bond donors (Lipinski definition) is 2. The minimum Gasteiger partial charge on any atom is -0.383 e. The number of aromatic nitrogens is 2. The fourth-order valence-corrected chi connectivity index (χ4v) is 4.68. The summed E-state index contributed by atoms with van der Waals surface area (Å²) in [7, 11) is 0. The van der Waals surface area contributed by atoms with Gasteiger partial charge in [-0.25, -0.2) is 9.97 Å². The number of carbonyl (C=O) groups is 1. The first-order valence-corrected chi connectivity index (χ1v) is 9.33. The quantitative estimate of drug-likeness (QED) is 0.488. The molecule has 8 heteroatoms. The summed E-state index contributed by atoms with van der Waals surface area (Å²) in [5.74, 6) is 0.612. The van der Waals surface area contributed by atoms with Gasteiger partial charge in [-0.3, -0.25) is 4.79 Å². The van der Waals surface area contributed by atoms with Crippen LogP contribution in [0.5, 0.6) is 0 Å². The highest BCUT2D eigenvalue weighted by Gasteiger charge is 2.20. The van der Waals surface area contributed by atoms with Crippen LogP contribution in [-0.2, 0) is 17.6 Å². The molecule has 6 nitrogen and oxygen atoms in total. The van der Waals surface area contributed by atoms with E-state index in [1.165, 1.54) is 35.0 Å².